The Bertz CT molecular complexity index is 167. The predicted octanol–water partition coefficient (Wildman–Crippen LogP) is 4.81. The predicted molar refractivity (Wildman–Crippen MR) is 70.5 cm³/mol. The summed E-state index contributed by atoms with van der Waals surface area (Å²) in [4.78, 5) is 0. The topological polar surface area (TPSA) is 0 Å². The maximum absolute atomic E-state index is 3.88. The number of hydrogen-bond donors (Lipinski definition) is 0. The van der Waals surface area contributed by atoms with Crippen molar-refractivity contribution in [1.82, 2.24) is 0 Å². The average Bonchev–Trinajstić information content (AvgIpc) is 2.10. The smallest absolute Gasteiger partial charge is 0.0442 e. The van der Waals surface area contributed by atoms with Gasteiger partial charge in [-0.3, -0.25) is 0 Å². The van der Waals surface area contributed by atoms with Crippen LogP contribution >= 0.6 is 0 Å². The van der Waals surface area contributed by atoms with E-state index in [1.165, 1.54) is 12.5 Å². The molecule has 0 aromatic carbocycles. The summed E-state index contributed by atoms with van der Waals surface area (Å²) in [6.45, 7) is 18.3. The van der Waals surface area contributed by atoms with Gasteiger partial charge in [0, 0.05) is 8.07 Å². The lowest BCUT2D eigenvalue weighted by Gasteiger charge is -2.26. The summed E-state index contributed by atoms with van der Waals surface area (Å²) in [7, 11) is -0.837. The highest BCUT2D eigenvalue weighted by Crippen LogP contribution is 2.27. The molecular weight excluding hydrogens is 184 g/mol. The van der Waals surface area contributed by atoms with E-state index in [0.717, 1.165) is 11.8 Å². The minimum atomic E-state index is -0.837. The number of hydrogen-bond acceptors (Lipinski definition) is 0. The van der Waals surface area contributed by atoms with E-state index in [9.17, 15) is 0 Å². The molecule has 0 fully saturated rings. The third-order valence-corrected chi connectivity index (χ3v) is 5.24. The molecule has 0 N–H and O–H groups in total. The van der Waals surface area contributed by atoms with Crippen molar-refractivity contribution in [1.29, 1.82) is 0 Å². The van der Waals surface area contributed by atoms with Crippen LogP contribution in [0.2, 0.25) is 25.7 Å². The van der Waals surface area contributed by atoms with Crippen LogP contribution in [0, 0.1) is 17.8 Å². The Morgan fingerprint density at radius 3 is 2.00 bits per heavy atom. The molecule has 0 spiro atoms. The van der Waals surface area contributed by atoms with Crippen LogP contribution in [0.3, 0.4) is 0 Å². The van der Waals surface area contributed by atoms with Gasteiger partial charge in [0.05, 0.1) is 0 Å². The van der Waals surface area contributed by atoms with Crippen LogP contribution in [0.1, 0.15) is 27.2 Å². The normalized spacial score (nSPS) is 18.7. The van der Waals surface area contributed by atoms with Gasteiger partial charge in [-0.15, -0.1) is 6.58 Å². The third-order valence-electron chi connectivity index (χ3n) is 3.45. The largest absolute Gasteiger partial charge is 0.103 e. The van der Waals surface area contributed by atoms with Crippen LogP contribution in [-0.2, 0) is 0 Å². The van der Waals surface area contributed by atoms with Gasteiger partial charge < -0.3 is 0 Å². The summed E-state index contributed by atoms with van der Waals surface area (Å²) < 4.78 is 0. The standard InChI is InChI=1S/C13H28Si/c1-8-11(2)13(4)12(3)9-10-14(5,6)7/h8,11-13H,1,9-10H2,2-7H3. The Hall–Kier alpha value is -0.0431. The molecule has 0 radical (unpaired) electrons. The molecule has 0 aliphatic rings. The molecule has 0 saturated heterocycles. The van der Waals surface area contributed by atoms with Crippen LogP contribution in [-0.4, -0.2) is 8.07 Å². The first-order chi connectivity index (χ1) is 6.28. The Morgan fingerprint density at radius 2 is 1.64 bits per heavy atom. The minimum Gasteiger partial charge on any atom is -0.103 e. The molecular formula is C13H28Si. The summed E-state index contributed by atoms with van der Waals surface area (Å²) in [6.07, 6.45) is 3.49. The van der Waals surface area contributed by atoms with Crippen molar-refractivity contribution in [3.8, 4) is 0 Å². The quantitative estimate of drug-likeness (QED) is 0.438. The zero-order valence-corrected chi connectivity index (χ0v) is 11.9. The second-order valence-corrected chi connectivity index (χ2v) is 11.7. The highest BCUT2D eigenvalue weighted by atomic mass is 28.3. The van der Waals surface area contributed by atoms with Gasteiger partial charge in [-0.1, -0.05) is 59.0 Å². The van der Waals surface area contributed by atoms with Crippen LogP contribution in [0.25, 0.3) is 0 Å². The monoisotopic (exact) mass is 212 g/mol. The fraction of sp³-hybridized carbons (Fsp3) is 0.846. The zero-order valence-electron chi connectivity index (χ0n) is 10.9. The molecule has 0 aliphatic carbocycles. The first-order valence-electron chi connectivity index (χ1n) is 5.90. The van der Waals surface area contributed by atoms with E-state index >= 15 is 0 Å². The van der Waals surface area contributed by atoms with Crippen molar-refractivity contribution in [2.24, 2.45) is 17.8 Å². The van der Waals surface area contributed by atoms with Gasteiger partial charge in [0.15, 0.2) is 0 Å². The van der Waals surface area contributed by atoms with Crippen LogP contribution < -0.4 is 0 Å². The molecule has 3 atom stereocenters. The van der Waals surface area contributed by atoms with E-state index in [1.54, 1.807) is 0 Å². The van der Waals surface area contributed by atoms with E-state index in [-0.39, 0.29) is 0 Å². The maximum Gasteiger partial charge on any atom is 0.0442 e. The summed E-state index contributed by atoms with van der Waals surface area (Å²) in [5.74, 6) is 2.28. The molecule has 0 rings (SSSR count). The van der Waals surface area contributed by atoms with Crippen molar-refractivity contribution in [2.75, 3.05) is 0 Å². The van der Waals surface area contributed by atoms with Crippen molar-refractivity contribution in [3.63, 3.8) is 0 Å². The zero-order chi connectivity index (χ0) is 11.4. The van der Waals surface area contributed by atoms with Crippen LogP contribution in [0.15, 0.2) is 12.7 Å². The third kappa shape index (κ3) is 5.64. The maximum atomic E-state index is 3.88. The van der Waals surface area contributed by atoms with Gasteiger partial charge in [-0.25, -0.2) is 0 Å². The molecule has 0 bridgehead atoms. The van der Waals surface area contributed by atoms with Crippen LogP contribution in [0.5, 0.6) is 0 Å². The summed E-state index contributed by atoms with van der Waals surface area (Å²) >= 11 is 0. The highest BCUT2D eigenvalue weighted by molar-refractivity contribution is 6.76. The van der Waals surface area contributed by atoms with E-state index in [0.29, 0.717) is 5.92 Å². The van der Waals surface area contributed by atoms with Crippen molar-refractivity contribution in [2.45, 2.75) is 52.9 Å². The van der Waals surface area contributed by atoms with E-state index in [4.69, 9.17) is 0 Å². The Morgan fingerprint density at radius 1 is 1.14 bits per heavy atom. The lowest BCUT2D eigenvalue weighted by atomic mass is 9.84. The molecule has 3 unspecified atom stereocenters. The molecule has 0 nitrogen and oxygen atoms in total. The van der Waals surface area contributed by atoms with E-state index in [1.807, 2.05) is 0 Å². The summed E-state index contributed by atoms with van der Waals surface area (Å²) in [6, 6.07) is 1.46. The molecule has 0 amide bonds. The highest BCUT2D eigenvalue weighted by Gasteiger charge is 2.20. The summed E-state index contributed by atoms with van der Waals surface area (Å²) in [5.41, 5.74) is 0. The lowest BCUT2D eigenvalue weighted by Crippen LogP contribution is -2.23. The van der Waals surface area contributed by atoms with Gasteiger partial charge in [-0.05, 0) is 17.8 Å². The average molecular weight is 212 g/mol. The van der Waals surface area contributed by atoms with Gasteiger partial charge in [-0.2, -0.15) is 0 Å². The number of allylic oxidation sites excluding steroid dienone is 1. The van der Waals surface area contributed by atoms with Gasteiger partial charge in [0.2, 0.25) is 0 Å². The van der Waals surface area contributed by atoms with Gasteiger partial charge in [0.25, 0.3) is 0 Å². The molecule has 0 heterocycles. The molecule has 0 aliphatic heterocycles. The van der Waals surface area contributed by atoms with Crippen molar-refractivity contribution in [3.05, 3.63) is 12.7 Å². The fourth-order valence-corrected chi connectivity index (χ4v) is 2.98. The molecule has 84 valence electrons. The first-order valence-corrected chi connectivity index (χ1v) is 9.61. The molecule has 1 heteroatoms. The molecule has 0 aromatic heterocycles. The fourth-order valence-electron chi connectivity index (χ4n) is 1.66. The van der Waals surface area contributed by atoms with E-state index < -0.39 is 8.07 Å². The van der Waals surface area contributed by atoms with E-state index in [2.05, 4.69) is 53.1 Å². The Kier molecular flexibility index (Phi) is 5.73. The Labute approximate surface area is 91.8 Å². The second kappa shape index (κ2) is 5.74. The van der Waals surface area contributed by atoms with Gasteiger partial charge in [0.1, 0.15) is 0 Å². The molecule has 0 saturated carbocycles. The van der Waals surface area contributed by atoms with Crippen LogP contribution in [0.4, 0.5) is 0 Å². The minimum absolute atomic E-state index is 0.659. The SMILES string of the molecule is C=CC(C)C(C)C(C)CC[Si](C)(C)C. The first kappa shape index (κ1) is 14.0. The lowest BCUT2D eigenvalue weighted by molar-refractivity contribution is 0.311. The summed E-state index contributed by atoms with van der Waals surface area (Å²) in [5, 5.41) is 0. The van der Waals surface area contributed by atoms with Crippen molar-refractivity contribution < 1.29 is 0 Å². The molecule has 14 heavy (non-hydrogen) atoms. The second-order valence-electron chi connectivity index (χ2n) is 6.03. The number of rotatable bonds is 6. The molecule has 0 aromatic rings. The Balaban J connectivity index is 3.95. The van der Waals surface area contributed by atoms with Crippen molar-refractivity contribution >= 4 is 8.07 Å². The van der Waals surface area contributed by atoms with Gasteiger partial charge >= 0.3 is 0 Å².